The molecule has 0 bridgehead atoms. The number of aromatic nitrogens is 1. The molecule has 1 aromatic heterocycles. The minimum Gasteiger partial charge on any atom is -0.299 e. The van der Waals surface area contributed by atoms with Gasteiger partial charge >= 0.3 is 0 Å². The number of pyridine rings is 1. The van der Waals surface area contributed by atoms with Crippen LogP contribution < -0.4 is 0 Å². The summed E-state index contributed by atoms with van der Waals surface area (Å²) in [6.07, 6.45) is 4.27. The zero-order valence-electron chi connectivity index (χ0n) is 11.7. The van der Waals surface area contributed by atoms with Gasteiger partial charge in [-0.3, -0.25) is 9.78 Å². The number of hydrogen-bond donors (Lipinski definition) is 0. The Morgan fingerprint density at radius 1 is 1.33 bits per heavy atom. The van der Waals surface area contributed by atoms with Gasteiger partial charge in [0.25, 0.3) is 0 Å². The smallest absolute Gasteiger partial charge is 0.136 e. The van der Waals surface area contributed by atoms with E-state index >= 15 is 0 Å². The maximum atomic E-state index is 11.9. The van der Waals surface area contributed by atoms with Crippen LogP contribution in [0.25, 0.3) is 0 Å². The summed E-state index contributed by atoms with van der Waals surface area (Å²) in [5.74, 6) is 2.16. The Hall–Kier alpha value is -0.830. The molecule has 0 fully saturated rings. The molecule has 18 heavy (non-hydrogen) atoms. The van der Waals surface area contributed by atoms with Crippen molar-refractivity contribution in [2.45, 2.75) is 39.4 Å². The van der Waals surface area contributed by atoms with Crippen LogP contribution in [0.15, 0.2) is 24.5 Å². The second kappa shape index (κ2) is 7.57. The van der Waals surface area contributed by atoms with E-state index in [1.165, 1.54) is 0 Å². The van der Waals surface area contributed by atoms with Crippen LogP contribution in [-0.4, -0.2) is 16.5 Å². The largest absolute Gasteiger partial charge is 0.299 e. The molecule has 1 aromatic rings. The summed E-state index contributed by atoms with van der Waals surface area (Å²) in [6, 6.07) is 4.01. The van der Waals surface area contributed by atoms with E-state index in [-0.39, 0.29) is 11.2 Å². The molecule has 2 nitrogen and oxygen atoms in total. The summed E-state index contributed by atoms with van der Waals surface area (Å²) in [5, 5.41) is 0.246. The van der Waals surface area contributed by atoms with Gasteiger partial charge in [0.1, 0.15) is 5.78 Å². The van der Waals surface area contributed by atoms with Gasteiger partial charge in [-0.05, 0) is 23.3 Å². The predicted octanol–water partition coefficient (Wildman–Crippen LogP) is 4.13. The zero-order valence-corrected chi connectivity index (χ0v) is 12.5. The first kappa shape index (κ1) is 15.2. The van der Waals surface area contributed by atoms with Crippen molar-refractivity contribution in [3.8, 4) is 0 Å². The van der Waals surface area contributed by atoms with E-state index in [1.54, 1.807) is 6.20 Å². The Labute approximate surface area is 115 Å². The summed E-state index contributed by atoms with van der Waals surface area (Å²) in [7, 11) is 0. The van der Waals surface area contributed by atoms with E-state index in [1.807, 2.05) is 37.9 Å². The molecule has 0 amide bonds. The molecule has 0 aliphatic heterocycles. The van der Waals surface area contributed by atoms with Crippen LogP contribution in [0.5, 0.6) is 0 Å². The predicted molar refractivity (Wildman–Crippen MR) is 78.7 cm³/mol. The Balaban J connectivity index is 2.72. The third kappa shape index (κ3) is 5.21. The van der Waals surface area contributed by atoms with E-state index < -0.39 is 0 Å². The Kier molecular flexibility index (Phi) is 6.41. The number of ketones is 1. The number of rotatable bonds is 7. The van der Waals surface area contributed by atoms with Crippen LogP contribution in [0, 0.1) is 11.8 Å². The van der Waals surface area contributed by atoms with Crippen LogP contribution in [0.2, 0.25) is 0 Å². The van der Waals surface area contributed by atoms with Crippen molar-refractivity contribution in [3.63, 3.8) is 0 Å². The van der Waals surface area contributed by atoms with Gasteiger partial charge in [0, 0.05) is 30.0 Å². The fourth-order valence-corrected chi connectivity index (χ4v) is 2.80. The van der Waals surface area contributed by atoms with Gasteiger partial charge in [0.15, 0.2) is 0 Å². The van der Waals surface area contributed by atoms with Gasteiger partial charge in [0.05, 0.1) is 0 Å². The fourth-order valence-electron chi connectivity index (χ4n) is 1.57. The van der Waals surface area contributed by atoms with E-state index in [0.29, 0.717) is 18.1 Å². The highest BCUT2D eigenvalue weighted by atomic mass is 32.2. The van der Waals surface area contributed by atoms with E-state index in [0.717, 1.165) is 11.3 Å². The second-order valence-corrected chi connectivity index (χ2v) is 6.56. The summed E-state index contributed by atoms with van der Waals surface area (Å²) in [6.45, 7) is 8.35. The molecule has 1 heterocycles. The van der Waals surface area contributed by atoms with Crippen molar-refractivity contribution in [2.24, 2.45) is 11.8 Å². The summed E-state index contributed by atoms with van der Waals surface area (Å²) < 4.78 is 0. The lowest BCUT2D eigenvalue weighted by atomic mass is 10.0. The number of Topliss-reactive ketones (excluding diaryl/α,β-unsaturated/α-hetero) is 1. The van der Waals surface area contributed by atoms with Crippen LogP contribution in [0.4, 0.5) is 0 Å². The lowest BCUT2D eigenvalue weighted by Crippen LogP contribution is -2.12. The highest BCUT2D eigenvalue weighted by molar-refractivity contribution is 7.99. The number of hydrogen-bond acceptors (Lipinski definition) is 3. The first-order chi connectivity index (χ1) is 8.50. The average Bonchev–Trinajstić information content (AvgIpc) is 2.34. The molecule has 1 unspecified atom stereocenters. The van der Waals surface area contributed by atoms with Gasteiger partial charge in [-0.2, -0.15) is 11.8 Å². The minimum absolute atomic E-state index is 0.115. The molecule has 0 aromatic carbocycles. The van der Waals surface area contributed by atoms with Gasteiger partial charge in [0.2, 0.25) is 0 Å². The monoisotopic (exact) mass is 265 g/mol. The van der Waals surface area contributed by atoms with Gasteiger partial charge in [-0.1, -0.05) is 33.8 Å². The van der Waals surface area contributed by atoms with Crippen molar-refractivity contribution in [3.05, 3.63) is 30.1 Å². The topological polar surface area (TPSA) is 30.0 Å². The normalized spacial score (nSPS) is 13.0. The maximum Gasteiger partial charge on any atom is 0.136 e. The third-order valence-electron chi connectivity index (χ3n) is 2.72. The number of thioether (sulfide) groups is 1. The Morgan fingerprint density at radius 3 is 2.56 bits per heavy atom. The Morgan fingerprint density at radius 2 is 2.06 bits per heavy atom. The highest BCUT2D eigenvalue weighted by Gasteiger charge is 2.19. The second-order valence-electron chi connectivity index (χ2n) is 5.33. The number of carbonyl (C=O) groups is 1. The molecular weight excluding hydrogens is 242 g/mol. The molecular formula is C15H23NOS. The number of carbonyl (C=O) groups excluding carboxylic acids is 1. The van der Waals surface area contributed by atoms with Crippen molar-refractivity contribution in [1.29, 1.82) is 0 Å². The fraction of sp³-hybridized carbons (Fsp3) is 0.600. The lowest BCUT2D eigenvalue weighted by molar-refractivity contribution is -0.121. The molecule has 0 saturated carbocycles. The van der Waals surface area contributed by atoms with Crippen LogP contribution in [-0.2, 0) is 4.79 Å². The van der Waals surface area contributed by atoms with Crippen LogP contribution in [0.1, 0.15) is 44.9 Å². The summed E-state index contributed by atoms with van der Waals surface area (Å²) >= 11 is 1.87. The summed E-state index contributed by atoms with van der Waals surface area (Å²) in [4.78, 5) is 16.1. The van der Waals surface area contributed by atoms with Gasteiger partial charge < -0.3 is 0 Å². The molecule has 0 saturated heterocycles. The van der Waals surface area contributed by atoms with Crippen LogP contribution in [0.3, 0.4) is 0 Å². The van der Waals surface area contributed by atoms with E-state index in [2.05, 4.69) is 24.9 Å². The highest BCUT2D eigenvalue weighted by Crippen LogP contribution is 2.33. The van der Waals surface area contributed by atoms with Crippen molar-refractivity contribution < 1.29 is 4.79 Å². The first-order valence-electron chi connectivity index (χ1n) is 6.55. The van der Waals surface area contributed by atoms with Crippen molar-refractivity contribution in [1.82, 2.24) is 4.98 Å². The average molecular weight is 265 g/mol. The molecule has 100 valence electrons. The molecule has 1 atom stereocenters. The standard InChI is InChI=1S/C15H23NOS/c1-11(2)10-18-15(8-14(17)12(3)4)13-6-5-7-16-9-13/h5-7,9,11-12,15H,8,10H2,1-4H3. The van der Waals surface area contributed by atoms with Gasteiger partial charge in [-0.15, -0.1) is 0 Å². The molecule has 0 radical (unpaired) electrons. The first-order valence-corrected chi connectivity index (χ1v) is 7.59. The van der Waals surface area contributed by atoms with Crippen molar-refractivity contribution >= 4 is 17.5 Å². The molecule has 0 spiro atoms. The van der Waals surface area contributed by atoms with Crippen molar-refractivity contribution in [2.75, 3.05) is 5.75 Å². The Bertz CT molecular complexity index is 362. The lowest BCUT2D eigenvalue weighted by Gasteiger charge is -2.18. The minimum atomic E-state index is 0.115. The quantitative estimate of drug-likeness (QED) is 0.742. The maximum absolute atomic E-state index is 11.9. The van der Waals surface area contributed by atoms with E-state index in [9.17, 15) is 4.79 Å². The third-order valence-corrected chi connectivity index (χ3v) is 4.42. The van der Waals surface area contributed by atoms with Crippen LogP contribution >= 0.6 is 11.8 Å². The molecule has 3 heteroatoms. The van der Waals surface area contributed by atoms with E-state index in [4.69, 9.17) is 0 Å². The zero-order chi connectivity index (χ0) is 13.5. The molecule has 0 aliphatic rings. The number of nitrogens with zero attached hydrogens (tertiary/aromatic N) is 1. The molecule has 1 rings (SSSR count). The molecule has 0 aliphatic carbocycles. The van der Waals surface area contributed by atoms with Gasteiger partial charge in [-0.25, -0.2) is 0 Å². The molecule has 0 N–H and O–H groups in total. The summed E-state index contributed by atoms with van der Waals surface area (Å²) in [5.41, 5.74) is 1.16. The SMILES string of the molecule is CC(C)CSC(CC(=O)C(C)C)c1cccnc1.